The number of benzene rings is 2. The molecule has 2 aromatic carbocycles. The molecule has 1 heterocycles. The number of rotatable bonds is 6. The second-order valence-corrected chi connectivity index (χ2v) is 6.50. The maximum atomic E-state index is 2.52. The van der Waals surface area contributed by atoms with E-state index < -0.39 is 0 Å². The van der Waals surface area contributed by atoms with Gasteiger partial charge in [0, 0.05) is 19.6 Å². The van der Waals surface area contributed by atoms with Crippen molar-refractivity contribution in [3.05, 3.63) is 77.4 Å². The molecule has 0 spiro atoms. The Bertz CT molecular complexity index is 625. The van der Waals surface area contributed by atoms with Gasteiger partial charge in [-0.3, -0.25) is 4.90 Å². The van der Waals surface area contributed by atoms with Crippen molar-refractivity contribution in [2.45, 2.75) is 39.2 Å². The van der Waals surface area contributed by atoms with Crippen molar-refractivity contribution in [1.29, 1.82) is 0 Å². The molecule has 120 valence electrons. The Morgan fingerprint density at radius 1 is 0.913 bits per heavy atom. The van der Waals surface area contributed by atoms with Crippen molar-refractivity contribution in [2.24, 2.45) is 0 Å². The second kappa shape index (κ2) is 8.12. The monoisotopic (exact) mass is 305 g/mol. The van der Waals surface area contributed by atoms with E-state index in [1.54, 1.807) is 0 Å². The summed E-state index contributed by atoms with van der Waals surface area (Å²) in [7, 11) is 0. The predicted octanol–water partition coefficient (Wildman–Crippen LogP) is 5.32. The zero-order valence-corrected chi connectivity index (χ0v) is 14.2. The molecule has 3 rings (SSSR count). The summed E-state index contributed by atoms with van der Waals surface area (Å²) in [6.07, 6.45) is 7.33. The van der Waals surface area contributed by atoms with Crippen molar-refractivity contribution in [1.82, 2.24) is 4.90 Å². The molecule has 2 aromatic rings. The maximum absolute atomic E-state index is 2.52. The molecule has 23 heavy (non-hydrogen) atoms. The third-order valence-corrected chi connectivity index (χ3v) is 4.69. The average molecular weight is 305 g/mol. The van der Waals surface area contributed by atoms with E-state index in [4.69, 9.17) is 0 Å². The highest BCUT2D eigenvalue weighted by Crippen LogP contribution is 2.24. The van der Waals surface area contributed by atoms with Crippen molar-refractivity contribution in [2.75, 3.05) is 13.1 Å². The molecular weight excluding hydrogens is 278 g/mol. The van der Waals surface area contributed by atoms with Crippen LogP contribution in [0.1, 0.15) is 42.9 Å². The lowest BCUT2D eigenvalue weighted by atomic mass is 9.97. The van der Waals surface area contributed by atoms with Crippen LogP contribution in [0, 0.1) is 0 Å². The van der Waals surface area contributed by atoms with Gasteiger partial charge in [-0.15, -0.1) is 0 Å². The number of unbranched alkanes of at least 4 members (excludes halogenated alkanes) is 1. The minimum Gasteiger partial charge on any atom is -0.295 e. The summed E-state index contributed by atoms with van der Waals surface area (Å²) in [5.41, 5.74) is 5.79. The largest absolute Gasteiger partial charge is 0.295 e. The molecule has 0 unspecified atom stereocenters. The Balaban J connectivity index is 1.58. The van der Waals surface area contributed by atoms with E-state index in [1.807, 2.05) is 0 Å². The van der Waals surface area contributed by atoms with Crippen LogP contribution in [0.3, 0.4) is 0 Å². The first-order valence-electron chi connectivity index (χ1n) is 8.90. The van der Waals surface area contributed by atoms with Crippen LogP contribution in [-0.2, 0) is 13.0 Å². The van der Waals surface area contributed by atoms with Gasteiger partial charge in [0.15, 0.2) is 0 Å². The Morgan fingerprint density at radius 3 is 2.35 bits per heavy atom. The quantitative estimate of drug-likeness (QED) is 0.698. The highest BCUT2D eigenvalue weighted by molar-refractivity contribution is 5.66. The molecule has 0 saturated heterocycles. The van der Waals surface area contributed by atoms with Crippen molar-refractivity contribution in [3.63, 3.8) is 0 Å². The van der Waals surface area contributed by atoms with Crippen LogP contribution >= 0.6 is 0 Å². The van der Waals surface area contributed by atoms with Gasteiger partial charge < -0.3 is 0 Å². The first-order valence-corrected chi connectivity index (χ1v) is 8.90. The van der Waals surface area contributed by atoms with Crippen LogP contribution < -0.4 is 0 Å². The molecule has 0 aliphatic carbocycles. The van der Waals surface area contributed by atoms with E-state index in [1.165, 1.54) is 41.5 Å². The van der Waals surface area contributed by atoms with Crippen molar-refractivity contribution in [3.8, 4) is 0 Å². The summed E-state index contributed by atoms with van der Waals surface area (Å²) in [5.74, 6) is 0. The van der Waals surface area contributed by atoms with Crippen LogP contribution in [0.5, 0.6) is 0 Å². The highest BCUT2D eigenvalue weighted by Gasteiger charge is 2.13. The first kappa shape index (κ1) is 16.0. The van der Waals surface area contributed by atoms with E-state index >= 15 is 0 Å². The standard InChI is InChI=1S/C22H27N/c1-2-3-7-19-10-12-21(13-11-19)22-14-16-23(17-15-22)18-20-8-5-4-6-9-20/h4-6,8-14H,2-3,7,15-18H2,1H3. The molecular formula is C22H27N. The Labute approximate surface area is 140 Å². The fraction of sp³-hybridized carbons (Fsp3) is 0.364. The van der Waals surface area contributed by atoms with Crippen LogP contribution in [-0.4, -0.2) is 18.0 Å². The topological polar surface area (TPSA) is 3.24 Å². The third kappa shape index (κ3) is 4.56. The molecule has 1 aliphatic heterocycles. The van der Waals surface area contributed by atoms with Gasteiger partial charge in [0.1, 0.15) is 0 Å². The molecule has 0 bridgehead atoms. The molecule has 0 aromatic heterocycles. The van der Waals surface area contributed by atoms with Crippen LogP contribution in [0.25, 0.3) is 5.57 Å². The number of aryl methyl sites for hydroxylation is 1. The van der Waals surface area contributed by atoms with Crippen molar-refractivity contribution < 1.29 is 0 Å². The molecule has 0 radical (unpaired) electrons. The van der Waals surface area contributed by atoms with Crippen LogP contribution in [0.2, 0.25) is 0 Å². The summed E-state index contributed by atoms with van der Waals surface area (Å²) < 4.78 is 0. The predicted molar refractivity (Wildman–Crippen MR) is 99.4 cm³/mol. The first-order chi connectivity index (χ1) is 11.3. The SMILES string of the molecule is CCCCc1ccc(C2=CCN(Cc3ccccc3)CC2)cc1. The Hall–Kier alpha value is -1.86. The van der Waals surface area contributed by atoms with Crippen LogP contribution in [0.4, 0.5) is 0 Å². The summed E-state index contributed by atoms with van der Waals surface area (Å²) >= 11 is 0. The molecule has 0 atom stereocenters. The van der Waals surface area contributed by atoms with Gasteiger partial charge in [0.25, 0.3) is 0 Å². The maximum Gasteiger partial charge on any atom is 0.0237 e. The van der Waals surface area contributed by atoms with Gasteiger partial charge in [-0.05, 0) is 41.5 Å². The summed E-state index contributed by atoms with van der Waals surface area (Å²) in [4.78, 5) is 2.52. The normalized spacial score (nSPS) is 15.4. The lowest BCUT2D eigenvalue weighted by Gasteiger charge is -2.26. The van der Waals surface area contributed by atoms with Gasteiger partial charge in [-0.25, -0.2) is 0 Å². The lowest BCUT2D eigenvalue weighted by molar-refractivity contribution is 0.294. The second-order valence-electron chi connectivity index (χ2n) is 6.50. The van der Waals surface area contributed by atoms with E-state index in [0.29, 0.717) is 0 Å². The fourth-order valence-corrected chi connectivity index (χ4v) is 3.23. The zero-order chi connectivity index (χ0) is 15.9. The Morgan fingerprint density at radius 2 is 1.70 bits per heavy atom. The van der Waals surface area contributed by atoms with Gasteiger partial charge in [0.2, 0.25) is 0 Å². The van der Waals surface area contributed by atoms with E-state index in [2.05, 4.69) is 72.5 Å². The minimum atomic E-state index is 1.06. The molecule has 0 N–H and O–H groups in total. The summed E-state index contributed by atoms with van der Waals surface area (Å²) in [6.45, 7) is 5.52. The molecule has 1 nitrogen and oxygen atoms in total. The number of nitrogens with zero attached hydrogens (tertiary/aromatic N) is 1. The lowest BCUT2D eigenvalue weighted by Crippen LogP contribution is -2.27. The van der Waals surface area contributed by atoms with Gasteiger partial charge >= 0.3 is 0 Å². The third-order valence-electron chi connectivity index (χ3n) is 4.69. The summed E-state index contributed by atoms with van der Waals surface area (Å²) in [5, 5.41) is 0. The molecule has 1 heteroatoms. The van der Waals surface area contributed by atoms with E-state index in [-0.39, 0.29) is 0 Å². The molecule has 0 saturated carbocycles. The number of hydrogen-bond donors (Lipinski definition) is 0. The molecule has 0 fully saturated rings. The zero-order valence-electron chi connectivity index (χ0n) is 14.2. The van der Waals surface area contributed by atoms with Crippen LogP contribution in [0.15, 0.2) is 60.7 Å². The van der Waals surface area contributed by atoms with Gasteiger partial charge in [-0.2, -0.15) is 0 Å². The van der Waals surface area contributed by atoms with E-state index in [0.717, 1.165) is 26.1 Å². The Kier molecular flexibility index (Phi) is 5.65. The van der Waals surface area contributed by atoms with Crippen molar-refractivity contribution >= 4 is 5.57 Å². The fourth-order valence-electron chi connectivity index (χ4n) is 3.23. The van der Waals surface area contributed by atoms with Gasteiger partial charge in [0.05, 0.1) is 0 Å². The summed E-state index contributed by atoms with van der Waals surface area (Å²) in [6, 6.07) is 20.0. The molecule has 0 amide bonds. The average Bonchev–Trinajstić information content (AvgIpc) is 2.62. The molecule has 1 aliphatic rings. The smallest absolute Gasteiger partial charge is 0.0237 e. The van der Waals surface area contributed by atoms with Gasteiger partial charge in [-0.1, -0.05) is 74.0 Å². The van der Waals surface area contributed by atoms with E-state index in [9.17, 15) is 0 Å². The minimum absolute atomic E-state index is 1.06. The highest BCUT2D eigenvalue weighted by atomic mass is 15.1. The number of hydrogen-bond acceptors (Lipinski definition) is 1.